The Labute approximate surface area is 130 Å². The summed E-state index contributed by atoms with van der Waals surface area (Å²) >= 11 is 8.27. The van der Waals surface area contributed by atoms with Gasteiger partial charge in [-0.2, -0.15) is 0 Å². The van der Waals surface area contributed by atoms with E-state index in [0.29, 0.717) is 22.0 Å². The maximum atomic E-state index is 9.01. The van der Waals surface area contributed by atoms with E-state index < -0.39 is 7.12 Å². The van der Waals surface area contributed by atoms with Crippen LogP contribution in [0.4, 0.5) is 0 Å². The third-order valence-electron chi connectivity index (χ3n) is 2.50. The first-order chi connectivity index (χ1) is 9.08. The number of alkyl halides is 1. The molecule has 2 aromatic rings. The van der Waals surface area contributed by atoms with E-state index in [9.17, 15) is 0 Å². The molecule has 0 radical (unpaired) electrons. The Balaban J connectivity index is 2.18. The molecule has 0 fully saturated rings. The fourth-order valence-corrected chi connectivity index (χ4v) is 2.29. The monoisotopic (exact) mass is 388 g/mol. The van der Waals surface area contributed by atoms with Crippen molar-refractivity contribution in [1.82, 2.24) is 0 Å². The normalized spacial score (nSPS) is 10.3. The molecule has 0 saturated heterocycles. The largest absolute Gasteiger partial charge is 0.488 e. The zero-order valence-electron chi connectivity index (χ0n) is 9.88. The van der Waals surface area contributed by atoms with Crippen molar-refractivity contribution in [3.8, 4) is 11.5 Å². The van der Waals surface area contributed by atoms with Crippen molar-refractivity contribution in [3.05, 3.63) is 53.1 Å². The van der Waals surface area contributed by atoms with E-state index in [1.807, 2.05) is 12.1 Å². The molecule has 0 aromatic heterocycles. The van der Waals surface area contributed by atoms with E-state index in [1.165, 1.54) is 0 Å². The summed E-state index contributed by atoms with van der Waals surface area (Å²) in [6, 6.07) is 12.1. The molecular formula is C13H11BClIO3. The highest BCUT2D eigenvalue weighted by atomic mass is 127. The van der Waals surface area contributed by atoms with Crippen LogP contribution in [0.15, 0.2) is 42.5 Å². The smallest absolute Gasteiger partial charge is 0.457 e. The van der Waals surface area contributed by atoms with Gasteiger partial charge in [0, 0.05) is 9.45 Å². The van der Waals surface area contributed by atoms with Gasteiger partial charge in [-0.15, -0.1) is 0 Å². The van der Waals surface area contributed by atoms with Crippen molar-refractivity contribution >= 4 is 46.8 Å². The number of ether oxygens (including phenoxy) is 1. The molecule has 0 bridgehead atoms. The van der Waals surface area contributed by atoms with Crippen molar-refractivity contribution in [2.45, 2.75) is 4.43 Å². The van der Waals surface area contributed by atoms with E-state index in [-0.39, 0.29) is 0 Å². The van der Waals surface area contributed by atoms with E-state index in [0.717, 1.165) is 9.99 Å². The number of halogens is 2. The minimum absolute atomic E-state index is 0.423. The summed E-state index contributed by atoms with van der Waals surface area (Å²) in [5.41, 5.74) is 1.51. The van der Waals surface area contributed by atoms with Crippen LogP contribution in [0, 0.1) is 0 Å². The lowest BCUT2D eigenvalue weighted by molar-refractivity contribution is 0.425. The molecule has 98 valence electrons. The van der Waals surface area contributed by atoms with E-state index >= 15 is 0 Å². The summed E-state index contributed by atoms with van der Waals surface area (Å²) in [5.74, 6) is 1.28. The zero-order valence-corrected chi connectivity index (χ0v) is 12.8. The Bertz CT molecular complexity index is 560. The highest BCUT2D eigenvalue weighted by Gasteiger charge is 2.10. The molecule has 2 N–H and O–H groups in total. The molecule has 2 rings (SSSR count). The van der Waals surface area contributed by atoms with Gasteiger partial charge < -0.3 is 14.8 Å². The minimum atomic E-state index is -1.47. The van der Waals surface area contributed by atoms with E-state index in [1.54, 1.807) is 30.3 Å². The average Bonchev–Trinajstić information content (AvgIpc) is 2.38. The van der Waals surface area contributed by atoms with Crippen LogP contribution in [0.2, 0.25) is 5.02 Å². The third-order valence-corrected chi connectivity index (χ3v) is 3.60. The minimum Gasteiger partial charge on any atom is -0.457 e. The van der Waals surface area contributed by atoms with Crippen molar-refractivity contribution in [2.75, 3.05) is 0 Å². The fraction of sp³-hybridized carbons (Fsp3) is 0.0769. The Morgan fingerprint density at radius 3 is 2.32 bits per heavy atom. The lowest BCUT2D eigenvalue weighted by Gasteiger charge is -2.08. The molecule has 0 spiro atoms. The van der Waals surface area contributed by atoms with Crippen LogP contribution < -0.4 is 10.2 Å². The molecule has 6 heteroatoms. The van der Waals surface area contributed by atoms with Crippen LogP contribution in [-0.2, 0) is 4.43 Å². The van der Waals surface area contributed by atoms with Crippen molar-refractivity contribution in [2.24, 2.45) is 0 Å². The van der Waals surface area contributed by atoms with Crippen LogP contribution in [0.5, 0.6) is 11.5 Å². The maximum absolute atomic E-state index is 9.01. The first kappa shape index (κ1) is 14.6. The Kier molecular flexibility index (Phi) is 5.09. The molecule has 0 aliphatic rings. The summed E-state index contributed by atoms with van der Waals surface area (Å²) in [6.07, 6.45) is 0. The second kappa shape index (κ2) is 6.61. The number of benzene rings is 2. The highest BCUT2D eigenvalue weighted by molar-refractivity contribution is 14.1. The predicted octanol–water partition coefficient (Wildman–Crippen LogP) is 2.75. The summed E-state index contributed by atoms with van der Waals surface area (Å²) in [7, 11) is -1.47. The summed E-state index contributed by atoms with van der Waals surface area (Å²) < 4.78 is 6.54. The number of hydrogen-bond acceptors (Lipinski definition) is 3. The molecule has 3 nitrogen and oxygen atoms in total. The van der Waals surface area contributed by atoms with Gasteiger partial charge in [-0.05, 0) is 41.4 Å². The average molecular weight is 388 g/mol. The zero-order chi connectivity index (χ0) is 13.8. The third kappa shape index (κ3) is 4.11. The van der Waals surface area contributed by atoms with Crippen molar-refractivity contribution in [1.29, 1.82) is 0 Å². The molecule has 2 aromatic carbocycles. The van der Waals surface area contributed by atoms with Gasteiger partial charge in [0.2, 0.25) is 0 Å². The van der Waals surface area contributed by atoms with Crippen LogP contribution in [0.3, 0.4) is 0 Å². The topological polar surface area (TPSA) is 49.7 Å². The van der Waals surface area contributed by atoms with Gasteiger partial charge >= 0.3 is 7.12 Å². The second-order valence-corrected chi connectivity index (χ2v) is 5.17. The van der Waals surface area contributed by atoms with Gasteiger partial charge in [-0.1, -0.05) is 46.3 Å². The molecule has 0 heterocycles. The summed E-state index contributed by atoms with van der Waals surface area (Å²) in [4.78, 5) is 0. The first-order valence-corrected chi connectivity index (χ1v) is 7.48. The van der Waals surface area contributed by atoms with Gasteiger partial charge in [0.1, 0.15) is 11.5 Å². The van der Waals surface area contributed by atoms with Crippen LogP contribution in [0.1, 0.15) is 5.56 Å². The summed E-state index contributed by atoms with van der Waals surface area (Å²) in [5, 5.41) is 18.6. The van der Waals surface area contributed by atoms with Gasteiger partial charge in [0.25, 0.3) is 0 Å². The molecule has 19 heavy (non-hydrogen) atoms. The van der Waals surface area contributed by atoms with Gasteiger partial charge in [-0.25, -0.2) is 0 Å². The molecule has 0 unspecified atom stereocenters. The highest BCUT2D eigenvalue weighted by Crippen LogP contribution is 2.26. The van der Waals surface area contributed by atoms with Crippen LogP contribution in [0.25, 0.3) is 0 Å². The van der Waals surface area contributed by atoms with Gasteiger partial charge in [0.05, 0.1) is 0 Å². The molecule has 0 aliphatic heterocycles. The Morgan fingerprint density at radius 1 is 1.05 bits per heavy atom. The Morgan fingerprint density at radius 2 is 1.74 bits per heavy atom. The lowest BCUT2D eigenvalue weighted by atomic mass is 9.80. The molecular weight excluding hydrogens is 377 g/mol. The molecule has 0 amide bonds. The lowest BCUT2D eigenvalue weighted by Crippen LogP contribution is -2.29. The predicted molar refractivity (Wildman–Crippen MR) is 85.5 cm³/mol. The number of rotatable bonds is 4. The fourth-order valence-electron chi connectivity index (χ4n) is 1.60. The standard InChI is InChI=1S/C13H11BClIO3/c15-11-5-9(8-16)6-13(7-11)19-12-3-1-10(2-4-12)14(17)18/h1-7,17-18H,8H2. The second-order valence-electron chi connectivity index (χ2n) is 3.97. The molecule has 0 atom stereocenters. The van der Waals surface area contributed by atoms with Crippen LogP contribution >= 0.6 is 34.2 Å². The SMILES string of the molecule is OB(O)c1ccc(Oc2cc(Cl)cc(CI)c2)cc1. The summed E-state index contributed by atoms with van der Waals surface area (Å²) in [6.45, 7) is 0. The first-order valence-electron chi connectivity index (χ1n) is 5.58. The molecule has 0 aliphatic carbocycles. The van der Waals surface area contributed by atoms with Crippen LogP contribution in [-0.4, -0.2) is 17.2 Å². The quantitative estimate of drug-likeness (QED) is 0.481. The molecule has 0 saturated carbocycles. The Hall–Kier alpha value is -0.755. The maximum Gasteiger partial charge on any atom is 0.488 e. The van der Waals surface area contributed by atoms with Gasteiger partial charge in [-0.3, -0.25) is 0 Å². The van der Waals surface area contributed by atoms with Gasteiger partial charge in [0.15, 0.2) is 0 Å². The number of hydrogen-bond donors (Lipinski definition) is 2. The van der Waals surface area contributed by atoms with E-state index in [2.05, 4.69) is 22.6 Å². The van der Waals surface area contributed by atoms with Crippen molar-refractivity contribution in [3.63, 3.8) is 0 Å². The van der Waals surface area contributed by atoms with Crippen molar-refractivity contribution < 1.29 is 14.8 Å². The van der Waals surface area contributed by atoms with E-state index in [4.69, 9.17) is 26.4 Å².